The molecule has 0 heterocycles. The van der Waals surface area contributed by atoms with Crippen molar-refractivity contribution in [2.75, 3.05) is 13.1 Å². The number of nitrogens with two attached hydrogens (primary N) is 4. The average molecular weight is 436 g/mol. The molecule has 0 aromatic rings. The van der Waals surface area contributed by atoms with E-state index < -0.39 is 24.0 Å². The zero-order valence-corrected chi connectivity index (χ0v) is 17.5. The monoisotopic (exact) mass is 435 g/mol. The summed E-state index contributed by atoms with van der Waals surface area (Å²) in [6.45, 7) is 0.965. The number of guanidine groups is 2. The molecular formula is C12H35ClN9O4P. The van der Waals surface area contributed by atoms with Crippen molar-refractivity contribution in [3.05, 3.63) is 0 Å². The molecule has 3 unspecified atom stereocenters. The Hall–Kier alpha value is -1.92. The Morgan fingerprint density at radius 3 is 1.30 bits per heavy atom. The third-order valence-electron chi connectivity index (χ3n) is 2.65. The first-order valence-electron chi connectivity index (χ1n) is 7.20. The summed E-state index contributed by atoms with van der Waals surface area (Å²) >= 11 is 0. The fraction of sp³-hybridized carbons (Fsp3) is 0.667. The number of hydrogen-bond acceptors (Lipinski definition) is 7. The van der Waals surface area contributed by atoms with Crippen molar-refractivity contribution in [1.82, 2.24) is 16.8 Å². The van der Waals surface area contributed by atoms with Gasteiger partial charge in [-0.05, 0) is 25.7 Å². The van der Waals surface area contributed by atoms with Gasteiger partial charge in [-0.1, -0.05) is 0 Å². The second kappa shape index (κ2) is 22.1. The van der Waals surface area contributed by atoms with Crippen LogP contribution in [0.15, 0.2) is 0 Å². The molecule has 3 atom stereocenters. The minimum Gasteiger partial charge on any atom is -0.480 e. The molecule has 0 aliphatic heterocycles. The smallest absolute Gasteiger partial charge is 0.320 e. The Labute approximate surface area is 168 Å². The van der Waals surface area contributed by atoms with Crippen molar-refractivity contribution in [2.45, 2.75) is 37.8 Å². The molecule has 0 amide bonds. The topological polar surface area (TPSA) is 285 Å². The molecule has 0 aromatic carbocycles. The summed E-state index contributed by atoms with van der Waals surface area (Å²) in [7, 11) is 0. The Balaban J connectivity index is -0.000000108. The Kier molecular flexibility index (Phi) is 29.6. The summed E-state index contributed by atoms with van der Waals surface area (Å²) in [6, 6.07) is -1.64. The first kappa shape index (κ1) is 36.1. The predicted molar refractivity (Wildman–Crippen MR) is 113 cm³/mol. The fourth-order valence-electron chi connectivity index (χ4n) is 1.34. The normalized spacial score (nSPS) is 10.7. The van der Waals surface area contributed by atoms with Gasteiger partial charge in [0.1, 0.15) is 12.1 Å². The first-order valence-corrected chi connectivity index (χ1v) is 7.20. The molecule has 0 aliphatic carbocycles. The second-order valence-electron chi connectivity index (χ2n) is 4.85. The van der Waals surface area contributed by atoms with Gasteiger partial charge in [-0.25, -0.2) is 0 Å². The van der Waals surface area contributed by atoms with Crippen molar-refractivity contribution in [3.63, 3.8) is 0 Å². The summed E-state index contributed by atoms with van der Waals surface area (Å²) in [5.74, 6) is -2.23. The van der Waals surface area contributed by atoms with Gasteiger partial charge in [-0.2, -0.15) is 9.90 Å². The highest BCUT2D eigenvalue weighted by Crippen LogP contribution is 1.93. The van der Waals surface area contributed by atoms with E-state index in [1.165, 1.54) is 0 Å². The minimum absolute atomic E-state index is 0. The molecule has 0 radical (unpaired) electrons. The molecule has 0 bridgehead atoms. The maximum absolute atomic E-state index is 10.2. The standard InChI is InChI=1S/2C6H14N4O2.ClH.H3N.H3P/c2*7-4(5(11)12)2-1-3-10-6(8)9;;;/h2*4H,1-3,7H2,(H,11,12)(H4,8,9,10);1H;2*1H3. The quantitative estimate of drug-likeness (QED) is 0.0768. The van der Waals surface area contributed by atoms with E-state index in [4.69, 9.17) is 44.0 Å². The van der Waals surface area contributed by atoms with Gasteiger partial charge >= 0.3 is 11.9 Å². The Morgan fingerprint density at radius 1 is 0.852 bits per heavy atom. The van der Waals surface area contributed by atoms with Crippen molar-refractivity contribution in [2.24, 2.45) is 22.9 Å². The van der Waals surface area contributed by atoms with Crippen LogP contribution in [0.2, 0.25) is 0 Å². The van der Waals surface area contributed by atoms with Crippen molar-refractivity contribution in [1.29, 1.82) is 10.8 Å². The third-order valence-corrected chi connectivity index (χ3v) is 2.65. The molecule has 0 aromatic heterocycles. The highest BCUT2D eigenvalue weighted by atomic mass is 35.5. The Morgan fingerprint density at radius 2 is 1.11 bits per heavy atom. The number of nitrogens with one attached hydrogen (secondary N) is 4. The van der Waals surface area contributed by atoms with E-state index in [0.717, 1.165) is 0 Å². The van der Waals surface area contributed by atoms with E-state index in [2.05, 4.69) is 10.6 Å². The molecule has 0 saturated carbocycles. The number of carboxylic acids is 2. The van der Waals surface area contributed by atoms with Crippen LogP contribution in [-0.2, 0) is 9.59 Å². The van der Waals surface area contributed by atoms with Crippen LogP contribution in [0.1, 0.15) is 25.7 Å². The summed E-state index contributed by atoms with van der Waals surface area (Å²) in [5, 5.41) is 35.4. The highest BCUT2D eigenvalue weighted by Gasteiger charge is 2.10. The molecule has 0 fully saturated rings. The van der Waals surface area contributed by atoms with Crippen LogP contribution in [-0.4, -0.2) is 59.2 Å². The van der Waals surface area contributed by atoms with E-state index in [0.29, 0.717) is 38.8 Å². The number of halogens is 1. The van der Waals surface area contributed by atoms with Crippen LogP contribution in [0, 0.1) is 10.8 Å². The summed E-state index contributed by atoms with van der Waals surface area (Å²) in [4.78, 5) is 20.4. The molecule has 15 heteroatoms. The van der Waals surface area contributed by atoms with Crippen LogP contribution < -0.4 is 39.7 Å². The van der Waals surface area contributed by atoms with E-state index in [1.807, 2.05) is 0 Å². The number of hydrogen-bond donors (Lipinski definition) is 11. The van der Waals surface area contributed by atoms with Gasteiger partial charge in [0.05, 0.1) is 0 Å². The van der Waals surface area contributed by atoms with Crippen LogP contribution in [0.25, 0.3) is 0 Å². The van der Waals surface area contributed by atoms with E-state index in [-0.39, 0.29) is 40.4 Å². The number of rotatable bonds is 10. The Bertz CT molecular complexity index is 394. The molecule has 13 nitrogen and oxygen atoms in total. The molecule has 0 spiro atoms. The molecular weight excluding hydrogens is 401 g/mol. The number of carboxylic acid groups (broad SMARTS) is 2. The van der Waals surface area contributed by atoms with Gasteiger partial charge in [-0.15, -0.1) is 12.4 Å². The summed E-state index contributed by atoms with van der Waals surface area (Å²) < 4.78 is 0. The van der Waals surface area contributed by atoms with Gasteiger partial charge in [0.25, 0.3) is 0 Å². The van der Waals surface area contributed by atoms with Crippen molar-refractivity contribution < 1.29 is 19.8 Å². The molecule has 164 valence electrons. The zero-order chi connectivity index (χ0) is 19.1. The first-order chi connectivity index (χ1) is 11.1. The highest BCUT2D eigenvalue weighted by molar-refractivity contribution is 6.92. The lowest BCUT2D eigenvalue weighted by Gasteiger charge is -2.06. The second-order valence-corrected chi connectivity index (χ2v) is 4.85. The molecule has 0 saturated heterocycles. The number of aliphatic carboxylic acids is 2. The van der Waals surface area contributed by atoms with Crippen LogP contribution in [0.4, 0.5) is 0 Å². The third kappa shape index (κ3) is 29.1. The SMILES string of the molecule is Cl.N.N=C(N)NCCCC(N)C(=O)O.N=C(N)NCCCC(N)C(=O)O.P. The largest absolute Gasteiger partial charge is 0.480 e. The van der Waals surface area contributed by atoms with E-state index in [9.17, 15) is 9.59 Å². The molecule has 17 N–H and O–H groups in total. The van der Waals surface area contributed by atoms with Gasteiger partial charge in [0.2, 0.25) is 0 Å². The van der Waals surface area contributed by atoms with Crippen molar-refractivity contribution >= 4 is 46.2 Å². The summed E-state index contributed by atoms with van der Waals surface area (Å²) in [5.41, 5.74) is 20.4. The lowest BCUT2D eigenvalue weighted by Crippen LogP contribution is -2.34. The average Bonchev–Trinajstić information content (AvgIpc) is 2.47. The van der Waals surface area contributed by atoms with Crippen LogP contribution in [0.3, 0.4) is 0 Å². The zero-order valence-electron chi connectivity index (χ0n) is 15.2. The lowest BCUT2D eigenvalue weighted by atomic mass is 10.2. The van der Waals surface area contributed by atoms with Gasteiger partial charge in [-0.3, -0.25) is 20.4 Å². The van der Waals surface area contributed by atoms with Gasteiger partial charge < -0.3 is 49.9 Å². The number of carbonyl (C=O) groups is 2. The van der Waals surface area contributed by atoms with Gasteiger partial charge in [0.15, 0.2) is 11.9 Å². The molecule has 27 heavy (non-hydrogen) atoms. The fourth-order valence-corrected chi connectivity index (χ4v) is 1.34. The lowest BCUT2D eigenvalue weighted by molar-refractivity contribution is -0.139. The van der Waals surface area contributed by atoms with Gasteiger partial charge in [0, 0.05) is 13.1 Å². The van der Waals surface area contributed by atoms with Crippen LogP contribution in [0.5, 0.6) is 0 Å². The molecule has 0 aliphatic rings. The summed E-state index contributed by atoms with van der Waals surface area (Å²) in [6.07, 6.45) is 1.95. The van der Waals surface area contributed by atoms with Crippen LogP contribution >= 0.6 is 22.3 Å². The van der Waals surface area contributed by atoms with E-state index >= 15 is 0 Å². The van der Waals surface area contributed by atoms with Crippen molar-refractivity contribution in [3.8, 4) is 0 Å². The maximum atomic E-state index is 10.2. The minimum atomic E-state index is -1.00. The maximum Gasteiger partial charge on any atom is 0.320 e. The predicted octanol–water partition coefficient (Wildman–Crippen LogP) is -2.03. The van der Waals surface area contributed by atoms with E-state index in [1.54, 1.807) is 0 Å². The molecule has 0 rings (SSSR count).